The van der Waals surface area contributed by atoms with Gasteiger partial charge in [-0.2, -0.15) is 0 Å². The number of nitrogens with one attached hydrogen (secondary N) is 2. The minimum Gasteiger partial charge on any atom is -0.493 e. The number of thioether (sulfide) groups is 1. The van der Waals surface area contributed by atoms with E-state index in [1.807, 2.05) is 48.5 Å². The van der Waals surface area contributed by atoms with Gasteiger partial charge >= 0.3 is 0 Å². The van der Waals surface area contributed by atoms with Crippen LogP contribution in [-0.2, 0) is 11.2 Å². The van der Waals surface area contributed by atoms with Gasteiger partial charge in [0.2, 0.25) is 5.91 Å². The predicted octanol–water partition coefficient (Wildman–Crippen LogP) is 5.96. The van der Waals surface area contributed by atoms with Crippen LogP contribution in [0.3, 0.4) is 0 Å². The molecule has 0 bridgehead atoms. The van der Waals surface area contributed by atoms with Crippen molar-refractivity contribution in [3.63, 3.8) is 0 Å². The van der Waals surface area contributed by atoms with E-state index in [-0.39, 0.29) is 17.2 Å². The highest BCUT2D eigenvalue weighted by Gasteiger charge is 2.19. The Hall–Kier alpha value is -4.24. The van der Waals surface area contributed by atoms with Gasteiger partial charge < -0.3 is 19.8 Å². The molecule has 0 radical (unpaired) electrons. The molecule has 3 aromatic carbocycles. The number of rotatable bonds is 10. The maximum absolute atomic E-state index is 13.8. The standard InChI is InChI=1S/C30H30N4O4S/c1-4-5-8-19-11-13-20(14-12-19)31-26(35)18-39-30-33-27-22-9-6-7-10-23(22)32-28(27)29(36)34(30)21-15-16-24(37-2)25(17-21)38-3/h6-7,9-17,32H,4-5,8,18H2,1-3H3,(H,31,35). The highest BCUT2D eigenvalue weighted by atomic mass is 32.2. The number of unbranched alkanes of at least 4 members (excludes halogenated alkanes) is 1. The number of H-pyrrole nitrogens is 1. The molecule has 2 heterocycles. The van der Waals surface area contributed by atoms with E-state index in [1.54, 1.807) is 32.4 Å². The summed E-state index contributed by atoms with van der Waals surface area (Å²) in [6.45, 7) is 2.17. The molecule has 200 valence electrons. The molecule has 5 aromatic rings. The first kappa shape index (κ1) is 26.4. The Balaban J connectivity index is 1.48. The Bertz CT molecular complexity index is 1690. The van der Waals surface area contributed by atoms with Gasteiger partial charge in [-0.3, -0.25) is 14.2 Å². The fourth-order valence-corrected chi connectivity index (χ4v) is 5.30. The minimum absolute atomic E-state index is 0.0746. The molecule has 0 aliphatic rings. The summed E-state index contributed by atoms with van der Waals surface area (Å²) < 4.78 is 12.3. The number of anilines is 1. The van der Waals surface area contributed by atoms with Crippen molar-refractivity contribution in [1.29, 1.82) is 0 Å². The van der Waals surface area contributed by atoms with Crippen LogP contribution in [0.15, 0.2) is 76.7 Å². The van der Waals surface area contributed by atoms with E-state index in [0.717, 1.165) is 35.9 Å². The molecule has 0 saturated heterocycles. The molecule has 8 nitrogen and oxygen atoms in total. The number of aromatic amines is 1. The molecule has 0 aliphatic carbocycles. The van der Waals surface area contributed by atoms with Gasteiger partial charge in [-0.15, -0.1) is 0 Å². The number of nitrogens with zero attached hydrogens (tertiary/aromatic N) is 2. The van der Waals surface area contributed by atoms with Crippen LogP contribution in [0.25, 0.3) is 27.6 Å². The molecular weight excluding hydrogens is 512 g/mol. The van der Waals surface area contributed by atoms with Crippen molar-refractivity contribution in [1.82, 2.24) is 14.5 Å². The number of para-hydroxylation sites is 1. The molecule has 1 amide bonds. The molecule has 9 heteroatoms. The highest BCUT2D eigenvalue weighted by molar-refractivity contribution is 7.99. The number of carbonyl (C=O) groups is 1. The van der Waals surface area contributed by atoms with E-state index < -0.39 is 0 Å². The Morgan fingerprint density at radius 3 is 2.54 bits per heavy atom. The number of carbonyl (C=O) groups excluding carboxylic acids is 1. The normalized spacial score (nSPS) is 11.2. The molecular formula is C30H30N4O4S. The number of methoxy groups -OCH3 is 2. The number of aryl methyl sites for hydroxylation is 1. The SMILES string of the molecule is CCCCc1ccc(NC(=O)CSc2nc3c([nH]c4ccccc43)c(=O)n2-c2ccc(OC)c(OC)c2)cc1. The average Bonchev–Trinajstić information content (AvgIpc) is 3.34. The van der Waals surface area contributed by atoms with Crippen molar-refractivity contribution in [2.75, 3.05) is 25.3 Å². The molecule has 0 unspecified atom stereocenters. The first-order chi connectivity index (χ1) is 19.0. The van der Waals surface area contributed by atoms with Crippen LogP contribution >= 0.6 is 11.8 Å². The summed E-state index contributed by atoms with van der Waals surface area (Å²) in [5.74, 6) is 0.914. The summed E-state index contributed by atoms with van der Waals surface area (Å²) in [7, 11) is 3.10. The molecule has 0 aliphatic heterocycles. The lowest BCUT2D eigenvalue weighted by Gasteiger charge is -2.14. The minimum atomic E-state index is -0.269. The van der Waals surface area contributed by atoms with E-state index in [0.29, 0.717) is 33.4 Å². The van der Waals surface area contributed by atoms with Crippen molar-refractivity contribution in [3.8, 4) is 17.2 Å². The van der Waals surface area contributed by atoms with Crippen molar-refractivity contribution >= 4 is 45.3 Å². The summed E-state index contributed by atoms with van der Waals surface area (Å²) in [6.07, 6.45) is 3.30. The summed E-state index contributed by atoms with van der Waals surface area (Å²) >= 11 is 1.20. The number of aromatic nitrogens is 3. The van der Waals surface area contributed by atoms with Gasteiger partial charge in [0.05, 0.1) is 25.7 Å². The van der Waals surface area contributed by atoms with E-state index in [9.17, 15) is 9.59 Å². The van der Waals surface area contributed by atoms with E-state index in [4.69, 9.17) is 14.5 Å². The molecule has 2 aromatic heterocycles. The second-order valence-corrected chi connectivity index (χ2v) is 10.0. The third kappa shape index (κ3) is 5.49. The third-order valence-corrected chi connectivity index (χ3v) is 7.45. The van der Waals surface area contributed by atoms with E-state index in [1.165, 1.54) is 21.9 Å². The fraction of sp³-hybridized carbons (Fsp3) is 0.233. The van der Waals surface area contributed by atoms with Crippen LogP contribution in [0.5, 0.6) is 11.5 Å². The van der Waals surface area contributed by atoms with Gasteiger partial charge in [0.25, 0.3) is 5.56 Å². The molecule has 5 rings (SSSR count). The van der Waals surface area contributed by atoms with Crippen molar-refractivity contribution < 1.29 is 14.3 Å². The Morgan fingerprint density at radius 2 is 1.79 bits per heavy atom. The quantitative estimate of drug-likeness (QED) is 0.167. The van der Waals surface area contributed by atoms with E-state index in [2.05, 4.69) is 17.2 Å². The number of hydrogen-bond donors (Lipinski definition) is 2. The second kappa shape index (κ2) is 11.7. The lowest BCUT2D eigenvalue weighted by atomic mass is 10.1. The van der Waals surface area contributed by atoms with Gasteiger partial charge in [0, 0.05) is 22.7 Å². The maximum Gasteiger partial charge on any atom is 0.283 e. The summed E-state index contributed by atoms with van der Waals surface area (Å²) in [5, 5.41) is 4.19. The van der Waals surface area contributed by atoms with E-state index >= 15 is 0 Å². The van der Waals surface area contributed by atoms with Gasteiger partial charge in [-0.1, -0.05) is 55.4 Å². The monoisotopic (exact) mass is 542 g/mol. The van der Waals surface area contributed by atoms with Crippen LogP contribution in [0.4, 0.5) is 5.69 Å². The van der Waals surface area contributed by atoms with Crippen LogP contribution in [-0.4, -0.2) is 40.4 Å². The number of benzene rings is 3. The second-order valence-electron chi connectivity index (χ2n) is 9.11. The van der Waals surface area contributed by atoms with Gasteiger partial charge in [-0.05, 0) is 48.7 Å². The molecule has 2 N–H and O–H groups in total. The first-order valence-electron chi connectivity index (χ1n) is 12.8. The number of ether oxygens (including phenoxy) is 2. The van der Waals surface area contributed by atoms with Crippen LogP contribution < -0.4 is 20.3 Å². The number of fused-ring (bicyclic) bond motifs is 3. The zero-order valence-corrected chi connectivity index (χ0v) is 22.9. The number of hydrogen-bond acceptors (Lipinski definition) is 6. The smallest absolute Gasteiger partial charge is 0.283 e. The Kier molecular flexibility index (Phi) is 7.88. The van der Waals surface area contributed by atoms with Gasteiger partial charge in [0.15, 0.2) is 16.7 Å². The van der Waals surface area contributed by atoms with Crippen molar-refractivity contribution in [3.05, 3.63) is 82.6 Å². The van der Waals surface area contributed by atoms with Crippen LogP contribution in [0.2, 0.25) is 0 Å². The topological polar surface area (TPSA) is 98.2 Å². The van der Waals surface area contributed by atoms with Crippen LogP contribution in [0.1, 0.15) is 25.3 Å². The predicted molar refractivity (Wildman–Crippen MR) is 157 cm³/mol. The largest absolute Gasteiger partial charge is 0.493 e. The van der Waals surface area contributed by atoms with Gasteiger partial charge in [0.1, 0.15) is 11.0 Å². The summed E-state index contributed by atoms with van der Waals surface area (Å²) in [6, 6.07) is 20.8. The Morgan fingerprint density at radius 1 is 1.03 bits per heavy atom. The van der Waals surface area contributed by atoms with Crippen LogP contribution in [0, 0.1) is 0 Å². The highest BCUT2D eigenvalue weighted by Crippen LogP contribution is 2.31. The first-order valence-corrected chi connectivity index (χ1v) is 13.8. The van der Waals surface area contributed by atoms with Crippen molar-refractivity contribution in [2.45, 2.75) is 31.3 Å². The molecule has 0 spiro atoms. The zero-order chi connectivity index (χ0) is 27.4. The Labute approximate surface area is 230 Å². The number of amides is 1. The lowest BCUT2D eigenvalue weighted by Crippen LogP contribution is -2.23. The summed E-state index contributed by atoms with van der Waals surface area (Å²) in [4.78, 5) is 34.8. The molecule has 39 heavy (non-hydrogen) atoms. The summed E-state index contributed by atoms with van der Waals surface area (Å²) in [5.41, 5.74) is 4.04. The zero-order valence-electron chi connectivity index (χ0n) is 22.1. The lowest BCUT2D eigenvalue weighted by molar-refractivity contribution is -0.113. The molecule has 0 saturated carbocycles. The maximum atomic E-state index is 13.8. The fourth-order valence-electron chi connectivity index (χ4n) is 4.49. The van der Waals surface area contributed by atoms with Gasteiger partial charge in [-0.25, -0.2) is 4.98 Å². The average molecular weight is 543 g/mol. The molecule has 0 fully saturated rings. The third-order valence-electron chi connectivity index (χ3n) is 6.51. The molecule has 0 atom stereocenters. The van der Waals surface area contributed by atoms with Crippen molar-refractivity contribution in [2.24, 2.45) is 0 Å².